The van der Waals surface area contributed by atoms with E-state index in [0.29, 0.717) is 0 Å². The normalized spacial score (nSPS) is 29.9. The van der Waals surface area contributed by atoms with Gasteiger partial charge in [0.1, 0.15) is 6.10 Å². The molecule has 0 bridgehead atoms. The van der Waals surface area contributed by atoms with Crippen molar-refractivity contribution in [2.75, 3.05) is 0 Å². The van der Waals surface area contributed by atoms with E-state index >= 15 is 0 Å². The van der Waals surface area contributed by atoms with Crippen molar-refractivity contribution in [2.24, 2.45) is 5.41 Å². The van der Waals surface area contributed by atoms with Crippen LogP contribution in [0.25, 0.3) is 0 Å². The molecule has 62 valence electrons. The lowest BCUT2D eigenvalue weighted by Crippen LogP contribution is -2.52. The fraction of sp³-hybridized carbons (Fsp3) is 0.714. The molecule has 2 N–H and O–H groups in total. The summed E-state index contributed by atoms with van der Waals surface area (Å²) in [5.74, 6) is -0.901. The average molecular weight is 157 g/mol. The monoisotopic (exact) mass is 157 g/mol. The molecule has 4 nitrogen and oxygen atoms in total. The van der Waals surface area contributed by atoms with E-state index < -0.39 is 17.4 Å². The van der Waals surface area contributed by atoms with Crippen LogP contribution in [0.15, 0.2) is 0 Å². The summed E-state index contributed by atoms with van der Waals surface area (Å²) < 4.78 is 0. The van der Waals surface area contributed by atoms with Gasteiger partial charge in [-0.1, -0.05) is 13.8 Å². The van der Waals surface area contributed by atoms with Crippen LogP contribution < -0.4 is 5.32 Å². The number of hydrogen-bond acceptors (Lipinski definition) is 3. The second-order valence-corrected chi connectivity index (χ2v) is 3.42. The van der Waals surface area contributed by atoms with Gasteiger partial charge in [-0.05, 0) is 6.42 Å². The molecule has 0 aromatic heterocycles. The fourth-order valence-corrected chi connectivity index (χ4v) is 1.03. The van der Waals surface area contributed by atoms with E-state index in [-0.39, 0.29) is 12.3 Å². The van der Waals surface area contributed by atoms with Gasteiger partial charge >= 0.3 is 0 Å². The van der Waals surface area contributed by atoms with Crippen LogP contribution >= 0.6 is 0 Å². The van der Waals surface area contributed by atoms with Crippen LogP contribution in [0.3, 0.4) is 0 Å². The number of aliphatic hydroxyl groups is 1. The van der Waals surface area contributed by atoms with E-state index in [4.69, 9.17) is 5.11 Å². The largest absolute Gasteiger partial charge is 0.383 e. The van der Waals surface area contributed by atoms with Crippen LogP contribution in [-0.2, 0) is 9.59 Å². The maximum atomic E-state index is 11.0. The molecule has 1 rings (SSSR count). The maximum absolute atomic E-state index is 11.0. The minimum atomic E-state index is -1.04. The van der Waals surface area contributed by atoms with Crippen molar-refractivity contribution in [1.29, 1.82) is 0 Å². The summed E-state index contributed by atoms with van der Waals surface area (Å²) in [6, 6.07) is 0. The molecule has 11 heavy (non-hydrogen) atoms. The van der Waals surface area contributed by atoms with Crippen LogP contribution in [0.2, 0.25) is 0 Å². The summed E-state index contributed by atoms with van der Waals surface area (Å²) in [5, 5.41) is 11.2. The molecule has 0 aromatic rings. The molecular weight excluding hydrogens is 146 g/mol. The van der Waals surface area contributed by atoms with Gasteiger partial charge in [0.05, 0.1) is 0 Å². The third kappa shape index (κ3) is 1.40. The lowest BCUT2D eigenvalue weighted by molar-refractivity contribution is -0.147. The predicted molar refractivity (Wildman–Crippen MR) is 37.6 cm³/mol. The number of hydrogen-bond donors (Lipinski definition) is 2. The van der Waals surface area contributed by atoms with Gasteiger partial charge in [-0.2, -0.15) is 0 Å². The molecule has 0 saturated carbocycles. The predicted octanol–water partition coefficient (Wildman–Crippen LogP) is -0.580. The van der Waals surface area contributed by atoms with Crippen molar-refractivity contribution in [3.63, 3.8) is 0 Å². The Kier molecular flexibility index (Phi) is 1.72. The summed E-state index contributed by atoms with van der Waals surface area (Å²) in [6.45, 7) is 3.38. The molecule has 0 aliphatic carbocycles. The Labute approximate surface area is 64.6 Å². The fourth-order valence-electron chi connectivity index (χ4n) is 1.03. The van der Waals surface area contributed by atoms with Crippen LogP contribution in [0, 0.1) is 5.41 Å². The second-order valence-electron chi connectivity index (χ2n) is 3.42. The minimum Gasteiger partial charge on any atom is -0.383 e. The van der Waals surface area contributed by atoms with Gasteiger partial charge in [-0.25, -0.2) is 0 Å². The van der Waals surface area contributed by atoms with Crippen molar-refractivity contribution in [3.8, 4) is 0 Å². The van der Waals surface area contributed by atoms with Crippen LogP contribution in [0.1, 0.15) is 20.3 Å². The Morgan fingerprint density at radius 2 is 2.09 bits per heavy atom. The van der Waals surface area contributed by atoms with Crippen molar-refractivity contribution < 1.29 is 14.7 Å². The molecule has 1 atom stereocenters. The van der Waals surface area contributed by atoms with Gasteiger partial charge < -0.3 is 5.11 Å². The van der Waals surface area contributed by atoms with Crippen molar-refractivity contribution in [1.82, 2.24) is 5.32 Å². The van der Waals surface area contributed by atoms with Crippen molar-refractivity contribution in [2.45, 2.75) is 26.4 Å². The van der Waals surface area contributed by atoms with E-state index in [1.54, 1.807) is 13.8 Å². The van der Waals surface area contributed by atoms with E-state index in [1.165, 1.54) is 0 Å². The highest BCUT2D eigenvalue weighted by Crippen LogP contribution is 2.25. The molecule has 1 saturated heterocycles. The number of carbonyl (C=O) groups is 2. The van der Waals surface area contributed by atoms with Gasteiger partial charge in [-0.3, -0.25) is 14.9 Å². The first kappa shape index (κ1) is 8.20. The molecule has 1 unspecified atom stereocenters. The second kappa shape index (κ2) is 2.30. The van der Waals surface area contributed by atoms with E-state index in [1.807, 2.05) is 0 Å². The average Bonchev–Trinajstić information content (AvgIpc) is 1.83. The quantitative estimate of drug-likeness (QED) is 0.462. The zero-order chi connectivity index (χ0) is 8.65. The highest BCUT2D eigenvalue weighted by Gasteiger charge is 2.39. The van der Waals surface area contributed by atoms with Gasteiger partial charge in [-0.15, -0.1) is 0 Å². The molecular formula is C7H11NO3. The van der Waals surface area contributed by atoms with E-state index in [9.17, 15) is 9.59 Å². The minimum absolute atomic E-state index is 0.206. The molecule has 0 spiro atoms. The zero-order valence-corrected chi connectivity index (χ0v) is 6.55. The molecule has 1 heterocycles. The molecule has 1 aliphatic rings. The maximum Gasteiger partial charge on any atom is 0.255 e. The highest BCUT2D eigenvalue weighted by atomic mass is 16.3. The van der Waals surface area contributed by atoms with Gasteiger partial charge in [0, 0.05) is 5.41 Å². The smallest absolute Gasteiger partial charge is 0.255 e. The summed E-state index contributed by atoms with van der Waals surface area (Å²) in [7, 11) is 0. The molecule has 4 heteroatoms. The molecule has 1 fully saturated rings. The standard InChI is InChI=1S/C7H11NO3/c1-7(2)3-4(9)5(10)8-6(7)11/h4,9H,3H2,1-2H3,(H,8,10,11). The van der Waals surface area contributed by atoms with Gasteiger partial charge in [0.15, 0.2) is 0 Å². The summed E-state index contributed by atoms with van der Waals surface area (Å²) in [4.78, 5) is 21.7. The SMILES string of the molecule is CC1(C)CC(O)C(=O)NC1=O. The highest BCUT2D eigenvalue weighted by molar-refractivity contribution is 6.02. The number of carbonyl (C=O) groups excluding carboxylic acids is 2. The first-order valence-electron chi connectivity index (χ1n) is 3.47. The first-order chi connectivity index (χ1) is 4.93. The van der Waals surface area contributed by atoms with Crippen LogP contribution in [0.4, 0.5) is 0 Å². The summed E-state index contributed by atoms with van der Waals surface area (Å²) >= 11 is 0. The molecule has 0 aromatic carbocycles. The zero-order valence-electron chi connectivity index (χ0n) is 6.55. The summed E-state index contributed by atoms with van der Waals surface area (Å²) in [5.41, 5.74) is -0.632. The number of piperidine rings is 1. The molecule has 1 aliphatic heterocycles. The van der Waals surface area contributed by atoms with Crippen LogP contribution in [0.5, 0.6) is 0 Å². The molecule has 0 radical (unpaired) electrons. The number of imide groups is 1. The number of aliphatic hydroxyl groups excluding tert-OH is 1. The van der Waals surface area contributed by atoms with Crippen LogP contribution in [-0.4, -0.2) is 23.0 Å². The number of rotatable bonds is 0. The third-order valence-corrected chi connectivity index (χ3v) is 1.86. The Morgan fingerprint density at radius 1 is 1.55 bits per heavy atom. The van der Waals surface area contributed by atoms with E-state index in [2.05, 4.69) is 5.32 Å². The third-order valence-electron chi connectivity index (χ3n) is 1.86. The van der Waals surface area contributed by atoms with Crippen molar-refractivity contribution in [3.05, 3.63) is 0 Å². The Bertz CT molecular complexity index is 210. The molecule has 2 amide bonds. The van der Waals surface area contributed by atoms with E-state index in [0.717, 1.165) is 0 Å². The lowest BCUT2D eigenvalue weighted by atomic mass is 9.83. The van der Waals surface area contributed by atoms with Gasteiger partial charge in [0.2, 0.25) is 5.91 Å². The summed E-state index contributed by atoms with van der Waals surface area (Å²) in [6.07, 6.45) is -0.833. The Hall–Kier alpha value is -0.900. The van der Waals surface area contributed by atoms with Gasteiger partial charge in [0.25, 0.3) is 5.91 Å². The number of amides is 2. The topological polar surface area (TPSA) is 66.4 Å². The first-order valence-corrected chi connectivity index (χ1v) is 3.47. The Balaban J connectivity index is 2.79. The lowest BCUT2D eigenvalue weighted by Gasteiger charge is -2.30. The van der Waals surface area contributed by atoms with Crippen molar-refractivity contribution >= 4 is 11.8 Å². The number of nitrogens with one attached hydrogen (secondary N) is 1. The Morgan fingerprint density at radius 3 is 2.55 bits per heavy atom.